The van der Waals surface area contributed by atoms with Crippen LogP contribution in [0.15, 0.2) is 33.6 Å². The number of carbonyl (C=O) groups is 1. The topological polar surface area (TPSA) is 95.1 Å². The van der Waals surface area contributed by atoms with Crippen LogP contribution in [0.1, 0.15) is 12.8 Å². The van der Waals surface area contributed by atoms with Gasteiger partial charge in [0.1, 0.15) is 0 Å². The zero-order valence-corrected chi connectivity index (χ0v) is 18.8. The fourth-order valence-corrected chi connectivity index (χ4v) is 6.51. The molecule has 1 amide bonds. The monoisotopic (exact) mass is 493 g/mol. The maximum Gasteiger partial charge on any atom is 0.243 e. The molecule has 2 saturated heterocycles. The number of carbonyl (C=O) groups excluding carboxylic acids is 1. The highest BCUT2D eigenvalue weighted by Gasteiger charge is 2.35. The van der Waals surface area contributed by atoms with E-state index in [0.717, 1.165) is 0 Å². The van der Waals surface area contributed by atoms with Gasteiger partial charge in [0.15, 0.2) is 0 Å². The first-order chi connectivity index (χ1) is 13.1. The number of halogens is 1. The lowest BCUT2D eigenvalue weighted by Crippen LogP contribution is -2.53. The Morgan fingerprint density at radius 3 is 2.11 bits per heavy atom. The maximum atomic E-state index is 12.8. The minimum absolute atomic E-state index is 0.00680. The molecule has 0 atom stereocenters. The third-order valence-electron chi connectivity index (χ3n) is 5.26. The number of rotatable bonds is 4. The van der Waals surface area contributed by atoms with Crippen molar-refractivity contribution in [2.24, 2.45) is 5.92 Å². The number of sulfonamides is 2. The number of benzene rings is 1. The molecule has 0 spiro atoms. The number of amides is 1. The van der Waals surface area contributed by atoms with E-state index in [4.69, 9.17) is 0 Å². The molecule has 3 rings (SSSR count). The summed E-state index contributed by atoms with van der Waals surface area (Å²) in [6, 6.07) is 6.58. The van der Waals surface area contributed by atoms with Crippen LogP contribution in [-0.2, 0) is 24.8 Å². The molecule has 2 aliphatic rings. The Kier molecular flexibility index (Phi) is 6.50. The van der Waals surface area contributed by atoms with Gasteiger partial charge in [-0.15, -0.1) is 0 Å². The Labute approximate surface area is 174 Å². The molecule has 28 heavy (non-hydrogen) atoms. The van der Waals surface area contributed by atoms with E-state index in [9.17, 15) is 21.6 Å². The van der Waals surface area contributed by atoms with Gasteiger partial charge in [-0.1, -0.05) is 22.0 Å². The van der Waals surface area contributed by atoms with Crippen molar-refractivity contribution in [3.63, 3.8) is 0 Å². The Hall–Kier alpha value is -1.01. The van der Waals surface area contributed by atoms with Crippen LogP contribution in [0, 0.1) is 5.92 Å². The molecule has 156 valence electrons. The normalized spacial score (nSPS) is 21.0. The van der Waals surface area contributed by atoms with E-state index >= 15 is 0 Å². The standard InChI is InChI=1S/C17H24BrN3O5S2/c1-27(23,24)20-7-5-14(6-8-20)17(22)19-9-11-21(12-10-19)28(25,26)16-4-2-3-15(18)13-16/h2-4,13-14H,5-12H2,1H3. The van der Waals surface area contributed by atoms with Crippen LogP contribution in [0.3, 0.4) is 0 Å². The molecule has 0 radical (unpaired) electrons. The number of hydrogen-bond acceptors (Lipinski definition) is 5. The molecule has 0 bridgehead atoms. The van der Waals surface area contributed by atoms with Crippen LogP contribution in [0.5, 0.6) is 0 Å². The zero-order valence-electron chi connectivity index (χ0n) is 15.6. The van der Waals surface area contributed by atoms with Crippen molar-refractivity contribution in [1.29, 1.82) is 0 Å². The van der Waals surface area contributed by atoms with Crippen LogP contribution in [0.2, 0.25) is 0 Å². The van der Waals surface area contributed by atoms with Gasteiger partial charge in [0.2, 0.25) is 26.0 Å². The molecule has 0 unspecified atom stereocenters. The molecular formula is C17H24BrN3O5S2. The van der Waals surface area contributed by atoms with E-state index in [-0.39, 0.29) is 29.8 Å². The maximum absolute atomic E-state index is 12.8. The van der Waals surface area contributed by atoms with Crippen LogP contribution in [0.4, 0.5) is 0 Å². The van der Waals surface area contributed by atoms with Gasteiger partial charge in [-0.3, -0.25) is 4.79 Å². The van der Waals surface area contributed by atoms with Gasteiger partial charge in [0.25, 0.3) is 0 Å². The predicted octanol–water partition coefficient (Wildman–Crippen LogP) is 0.954. The Bertz CT molecular complexity index is 935. The molecule has 0 N–H and O–H groups in total. The highest BCUT2D eigenvalue weighted by atomic mass is 79.9. The number of piperidine rings is 1. The summed E-state index contributed by atoms with van der Waals surface area (Å²) in [6.45, 7) is 1.90. The van der Waals surface area contributed by atoms with E-state index in [2.05, 4.69) is 15.9 Å². The fourth-order valence-electron chi connectivity index (χ4n) is 3.62. The summed E-state index contributed by atoms with van der Waals surface area (Å²) < 4.78 is 52.3. The van der Waals surface area contributed by atoms with Gasteiger partial charge in [-0.05, 0) is 31.0 Å². The molecule has 1 aromatic carbocycles. The Balaban J connectivity index is 1.57. The van der Waals surface area contributed by atoms with Crippen molar-refractivity contribution in [3.05, 3.63) is 28.7 Å². The minimum atomic E-state index is -3.59. The van der Waals surface area contributed by atoms with Crippen molar-refractivity contribution in [2.45, 2.75) is 17.7 Å². The summed E-state index contributed by atoms with van der Waals surface area (Å²) in [5, 5.41) is 0. The molecule has 2 aliphatic heterocycles. The van der Waals surface area contributed by atoms with Crippen molar-refractivity contribution in [3.8, 4) is 0 Å². The fraction of sp³-hybridized carbons (Fsp3) is 0.588. The third kappa shape index (κ3) is 4.76. The van der Waals surface area contributed by atoms with Gasteiger partial charge < -0.3 is 4.90 Å². The minimum Gasteiger partial charge on any atom is -0.340 e. The largest absolute Gasteiger partial charge is 0.340 e. The first-order valence-electron chi connectivity index (χ1n) is 9.08. The molecule has 1 aromatic rings. The highest BCUT2D eigenvalue weighted by Crippen LogP contribution is 2.24. The molecule has 0 saturated carbocycles. The molecular weight excluding hydrogens is 470 g/mol. The molecule has 2 heterocycles. The van der Waals surface area contributed by atoms with Gasteiger partial charge in [-0.2, -0.15) is 4.31 Å². The van der Waals surface area contributed by atoms with Crippen LogP contribution in [-0.4, -0.2) is 81.8 Å². The van der Waals surface area contributed by atoms with E-state index in [1.807, 2.05) is 0 Å². The van der Waals surface area contributed by atoms with E-state index < -0.39 is 20.0 Å². The summed E-state index contributed by atoms with van der Waals surface area (Å²) in [5.41, 5.74) is 0. The second-order valence-electron chi connectivity index (χ2n) is 7.12. The number of hydrogen-bond donors (Lipinski definition) is 0. The van der Waals surface area contributed by atoms with Gasteiger partial charge in [0, 0.05) is 49.7 Å². The summed E-state index contributed by atoms with van der Waals surface area (Å²) in [5.74, 6) is -0.209. The lowest BCUT2D eigenvalue weighted by Gasteiger charge is -2.37. The third-order valence-corrected chi connectivity index (χ3v) is 8.95. The van der Waals surface area contributed by atoms with E-state index in [1.54, 1.807) is 29.2 Å². The highest BCUT2D eigenvalue weighted by molar-refractivity contribution is 9.10. The first kappa shape index (κ1) is 21.7. The molecule has 2 fully saturated rings. The van der Waals surface area contributed by atoms with Gasteiger partial charge in [-0.25, -0.2) is 21.1 Å². The smallest absolute Gasteiger partial charge is 0.243 e. The van der Waals surface area contributed by atoms with Crippen molar-refractivity contribution < 1.29 is 21.6 Å². The van der Waals surface area contributed by atoms with E-state index in [0.29, 0.717) is 43.5 Å². The van der Waals surface area contributed by atoms with Gasteiger partial charge in [0.05, 0.1) is 11.2 Å². The molecule has 11 heteroatoms. The second-order valence-corrected chi connectivity index (χ2v) is 12.0. The summed E-state index contributed by atoms with van der Waals surface area (Å²) in [6.07, 6.45) is 2.19. The second kappa shape index (κ2) is 8.39. The van der Waals surface area contributed by atoms with Crippen molar-refractivity contribution in [2.75, 3.05) is 45.5 Å². The molecule has 8 nitrogen and oxygen atoms in total. The molecule has 0 aliphatic carbocycles. The van der Waals surface area contributed by atoms with Gasteiger partial charge >= 0.3 is 0 Å². The lowest BCUT2D eigenvalue weighted by atomic mass is 9.96. The number of nitrogens with zero attached hydrogens (tertiary/aromatic N) is 3. The van der Waals surface area contributed by atoms with Crippen LogP contribution < -0.4 is 0 Å². The molecule has 0 aromatic heterocycles. The quantitative estimate of drug-likeness (QED) is 0.622. The van der Waals surface area contributed by atoms with Crippen molar-refractivity contribution >= 4 is 41.9 Å². The van der Waals surface area contributed by atoms with Crippen LogP contribution >= 0.6 is 15.9 Å². The number of piperazine rings is 1. The summed E-state index contributed by atoms with van der Waals surface area (Å²) >= 11 is 3.29. The summed E-state index contributed by atoms with van der Waals surface area (Å²) in [4.78, 5) is 14.7. The van der Waals surface area contributed by atoms with Crippen LogP contribution in [0.25, 0.3) is 0 Å². The zero-order chi connectivity index (χ0) is 20.5. The van der Waals surface area contributed by atoms with E-state index in [1.165, 1.54) is 14.9 Å². The SMILES string of the molecule is CS(=O)(=O)N1CCC(C(=O)N2CCN(S(=O)(=O)c3cccc(Br)c3)CC2)CC1. The predicted molar refractivity (Wildman–Crippen MR) is 109 cm³/mol. The van der Waals surface area contributed by atoms with Crippen molar-refractivity contribution in [1.82, 2.24) is 13.5 Å². The Morgan fingerprint density at radius 2 is 1.57 bits per heavy atom. The first-order valence-corrected chi connectivity index (χ1v) is 13.2. The summed E-state index contributed by atoms with van der Waals surface area (Å²) in [7, 11) is -6.81. The average molecular weight is 494 g/mol. The average Bonchev–Trinajstić information content (AvgIpc) is 2.67. The lowest BCUT2D eigenvalue weighted by molar-refractivity contribution is -0.137. The Morgan fingerprint density at radius 1 is 0.964 bits per heavy atom.